The van der Waals surface area contributed by atoms with Gasteiger partial charge in [0.2, 0.25) is 5.91 Å². The van der Waals surface area contributed by atoms with Crippen molar-refractivity contribution in [2.24, 2.45) is 7.05 Å². The van der Waals surface area contributed by atoms with Crippen molar-refractivity contribution in [2.75, 3.05) is 18.2 Å². The van der Waals surface area contributed by atoms with E-state index in [2.05, 4.69) is 31.4 Å². The number of halogens is 2. The molecule has 0 bridgehead atoms. The zero-order valence-corrected chi connectivity index (χ0v) is 17.7. The lowest BCUT2D eigenvalue weighted by Crippen LogP contribution is -2.15. The van der Waals surface area contributed by atoms with Crippen LogP contribution in [-0.2, 0) is 11.8 Å². The number of nitrogens with zero attached hydrogens (tertiary/aromatic N) is 3. The summed E-state index contributed by atoms with van der Waals surface area (Å²) in [5.74, 6) is 1.26. The molecular formula is C18H16BrClN4O2S. The maximum atomic E-state index is 12.3. The molecule has 0 fully saturated rings. The molecule has 0 spiro atoms. The summed E-state index contributed by atoms with van der Waals surface area (Å²) in [5, 5.41) is 12.4. The molecule has 27 heavy (non-hydrogen) atoms. The third-order valence-corrected chi connectivity index (χ3v) is 5.66. The van der Waals surface area contributed by atoms with E-state index in [0.717, 1.165) is 15.9 Å². The van der Waals surface area contributed by atoms with Crippen LogP contribution in [0.1, 0.15) is 0 Å². The molecule has 1 heterocycles. The first kappa shape index (κ1) is 19.7. The van der Waals surface area contributed by atoms with Crippen LogP contribution in [0, 0.1) is 0 Å². The number of hydrogen-bond donors (Lipinski definition) is 1. The zero-order chi connectivity index (χ0) is 19.4. The molecule has 0 aliphatic rings. The van der Waals surface area contributed by atoms with Crippen LogP contribution in [-0.4, -0.2) is 33.5 Å². The van der Waals surface area contributed by atoms with Gasteiger partial charge in [-0.25, -0.2) is 0 Å². The number of methoxy groups -OCH3 is 1. The Morgan fingerprint density at radius 2 is 2.07 bits per heavy atom. The van der Waals surface area contributed by atoms with Gasteiger partial charge in [-0.1, -0.05) is 57.5 Å². The van der Waals surface area contributed by atoms with Gasteiger partial charge in [-0.2, -0.15) is 0 Å². The minimum Gasteiger partial charge on any atom is -0.495 e. The highest BCUT2D eigenvalue weighted by Gasteiger charge is 2.15. The predicted octanol–water partition coefficient (Wildman–Crippen LogP) is 4.64. The van der Waals surface area contributed by atoms with Crippen molar-refractivity contribution in [1.29, 1.82) is 0 Å². The monoisotopic (exact) mass is 466 g/mol. The topological polar surface area (TPSA) is 69.0 Å². The first-order chi connectivity index (χ1) is 13.0. The largest absolute Gasteiger partial charge is 0.495 e. The van der Waals surface area contributed by atoms with Crippen LogP contribution in [0.15, 0.2) is 52.1 Å². The van der Waals surface area contributed by atoms with Crippen LogP contribution in [0.3, 0.4) is 0 Å². The normalized spacial score (nSPS) is 10.7. The second kappa shape index (κ2) is 8.77. The van der Waals surface area contributed by atoms with Gasteiger partial charge in [0.25, 0.3) is 0 Å². The molecule has 0 saturated carbocycles. The van der Waals surface area contributed by atoms with Gasteiger partial charge >= 0.3 is 0 Å². The molecular weight excluding hydrogens is 452 g/mol. The minimum absolute atomic E-state index is 0.178. The Hall–Kier alpha value is -2.03. The number of aromatic nitrogens is 3. The third-order valence-electron chi connectivity index (χ3n) is 3.72. The van der Waals surface area contributed by atoms with Crippen LogP contribution >= 0.6 is 39.3 Å². The molecule has 3 rings (SSSR count). The highest BCUT2D eigenvalue weighted by atomic mass is 79.9. The lowest BCUT2D eigenvalue weighted by molar-refractivity contribution is -0.113. The van der Waals surface area contributed by atoms with Crippen molar-refractivity contribution < 1.29 is 9.53 Å². The molecule has 2 aromatic carbocycles. The van der Waals surface area contributed by atoms with Crippen molar-refractivity contribution in [3.8, 4) is 17.1 Å². The Labute approximate surface area is 174 Å². The van der Waals surface area contributed by atoms with Crippen molar-refractivity contribution in [1.82, 2.24) is 14.8 Å². The van der Waals surface area contributed by atoms with E-state index in [1.54, 1.807) is 18.2 Å². The summed E-state index contributed by atoms with van der Waals surface area (Å²) in [7, 11) is 3.41. The van der Waals surface area contributed by atoms with E-state index >= 15 is 0 Å². The highest BCUT2D eigenvalue weighted by molar-refractivity contribution is 9.10. The summed E-state index contributed by atoms with van der Waals surface area (Å²) in [4.78, 5) is 12.3. The van der Waals surface area contributed by atoms with E-state index in [9.17, 15) is 4.79 Å². The summed E-state index contributed by atoms with van der Waals surface area (Å²) >= 11 is 10.8. The maximum absolute atomic E-state index is 12.3. The van der Waals surface area contributed by atoms with Crippen LogP contribution in [0.25, 0.3) is 11.4 Å². The average Bonchev–Trinajstić information content (AvgIpc) is 3.01. The van der Waals surface area contributed by atoms with Gasteiger partial charge in [-0.05, 0) is 24.3 Å². The van der Waals surface area contributed by atoms with Gasteiger partial charge in [-0.3, -0.25) is 4.79 Å². The molecule has 0 aliphatic heterocycles. The number of benzene rings is 2. The number of nitrogens with one attached hydrogen (secondary N) is 1. The fraction of sp³-hybridized carbons (Fsp3) is 0.167. The average molecular weight is 468 g/mol. The Kier molecular flexibility index (Phi) is 6.41. The van der Waals surface area contributed by atoms with E-state index in [1.807, 2.05) is 35.9 Å². The van der Waals surface area contributed by atoms with Gasteiger partial charge in [0, 0.05) is 22.1 Å². The zero-order valence-electron chi connectivity index (χ0n) is 14.6. The minimum atomic E-state index is -0.189. The number of hydrogen-bond acceptors (Lipinski definition) is 5. The van der Waals surface area contributed by atoms with Crippen molar-refractivity contribution in [2.45, 2.75) is 5.16 Å². The van der Waals surface area contributed by atoms with Gasteiger partial charge in [0.05, 0.1) is 18.6 Å². The third kappa shape index (κ3) is 4.63. The van der Waals surface area contributed by atoms with Crippen LogP contribution in [0.5, 0.6) is 5.75 Å². The number of amides is 1. The van der Waals surface area contributed by atoms with Gasteiger partial charge in [-0.15, -0.1) is 10.2 Å². The standard InChI is InChI=1S/C18H16BrClN4O2S/c1-24-17(12-5-3-4-6-13(12)19)22-23-18(24)27-10-16(25)21-14-9-11(20)7-8-15(14)26-2/h3-9H,10H2,1-2H3,(H,21,25). The fourth-order valence-electron chi connectivity index (χ4n) is 2.41. The molecule has 140 valence electrons. The fourth-order valence-corrected chi connectivity index (χ4v) is 3.76. The molecule has 1 amide bonds. The summed E-state index contributed by atoms with van der Waals surface area (Å²) in [6.07, 6.45) is 0. The smallest absolute Gasteiger partial charge is 0.234 e. The summed E-state index contributed by atoms with van der Waals surface area (Å²) in [6, 6.07) is 12.8. The number of ether oxygens (including phenoxy) is 1. The predicted molar refractivity (Wildman–Crippen MR) is 111 cm³/mol. The second-order valence-electron chi connectivity index (χ2n) is 5.53. The van der Waals surface area contributed by atoms with E-state index in [0.29, 0.717) is 21.6 Å². The molecule has 0 atom stereocenters. The maximum Gasteiger partial charge on any atom is 0.234 e. The summed E-state index contributed by atoms with van der Waals surface area (Å²) in [6.45, 7) is 0. The SMILES string of the molecule is COc1ccc(Cl)cc1NC(=O)CSc1nnc(-c2ccccc2Br)n1C. The van der Waals surface area contributed by atoms with Gasteiger partial charge in [0.15, 0.2) is 11.0 Å². The second-order valence-corrected chi connectivity index (χ2v) is 7.76. The quantitative estimate of drug-likeness (QED) is 0.535. The lowest BCUT2D eigenvalue weighted by Gasteiger charge is -2.10. The number of anilines is 1. The first-order valence-corrected chi connectivity index (χ1v) is 10.1. The van der Waals surface area contributed by atoms with E-state index in [1.165, 1.54) is 18.9 Å². The molecule has 1 aromatic heterocycles. The van der Waals surface area contributed by atoms with Crippen molar-refractivity contribution in [3.05, 3.63) is 52.0 Å². The van der Waals surface area contributed by atoms with Gasteiger partial charge < -0.3 is 14.6 Å². The van der Waals surface area contributed by atoms with E-state index in [-0.39, 0.29) is 11.7 Å². The Morgan fingerprint density at radius 3 is 2.81 bits per heavy atom. The number of rotatable bonds is 6. The molecule has 3 aromatic rings. The van der Waals surface area contributed by atoms with E-state index in [4.69, 9.17) is 16.3 Å². The van der Waals surface area contributed by atoms with Crippen LogP contribution in [0.4, 0.5) is 5.69 Å². The molecule has 0 saturated heterocycles. The number of thioether (sulfide) groups is 1. The lowest BCUT2D eigenvalue weighted by atomic mass is 10.2. The number of carbonyl (C=O) groups is 1. The molecule has 6 nitrogen and oxygen atoms in total. The first-order valence-electron chi connectivity index (χ1n) is 7.90. The Morgan fingerprint density at radius 1 is 1.30 bits per heavy atom. The Bertz CT molecular complexity index is 980. The van der Waals surface area contributed by atoms with E-state index < -0.39 is 0 Å². The molecule has 9 heteroatoms. The molecule has 1 N–H and O–H groups in total. The van der Waals surface area contributed by atoms with Gasteiger partial charge in [0.1, 0.15) is 5.75 Å². The Balaban J connectivity index is 1.68. The van der Waals surface area contributed by atoms with Crippen molar-refractivity contribution in [3.63, 3.8) is 0 Å². The summed E-state index contributed by atoms with van der Waals surface area (Å²) in [5.41, 5.74) is 1.47. The highest BCUT2D eigenvalue weighted by Crippen LogP contribution is 2.30. The van der Waals surface area contributed by atoms with Crippen LogP contribution < -0.4 is 10.1 Å². The summed E-state index contributed by atoms with van der Waals surface area (Å²) < 4.78 is 8.03. The number of carbonyl (C=O) groups excluding carboxylic acids is 1. The van der Waals surface area contributed by atoms with Crippen LogP contribution in [0.2, 0.25) is 5.02 Å². The van der Waals surface area contributed by atoms with Crippen molar-refractivity contribution >= 4 is 50.9 Å². The molecule has 0 unspecified atom stereocenters. The molecule has 0 aliphatic carbocycles. The molecule has 0 radical (unpaired) electrons.